The second-order valence-electron chi connectivity index (χ2n) is 14.2. The monoisotopic (exact) mass is 714 g/mol. The molecule has 3 aromatic heterocycles. The van der Waals surface area contributed by atoms with E-state index in [-0.39, 0.29) is 0 Å². The zero-order valence-electron chi connectivity index (χ0n) is 30.4. The second kappa shape index (κ2) is 13.1. The summed E-state index contributed by atoms with van der Waals surface area (Å²) in [6, 6.07) is 73.1. The Bertz CT molecular complexity index is 3230. The van der Waals surface area contributed by atoms with Gasteiger partial charge in [-0.2, -0.15) is 0 Å². The molecule has 11 rings (SSSR count). The van der Waals surface area contributed by atoms with Crippen molar-refractivity contribution in [1.29, 1.82) is 0 Å². The molecule has 0 spiro atoms. The van der Waals surface area contributed by atoms with Gasteiger partial charge in [-0.25, -0.2) is 9.97 Å². The lowest BCUT2D eigenvalue weighted by Gasteiger charge is -2.16. The Morgan fingerprint density at radius 2 is 0.839 bits per heavy atom. The molecule has 11 aromatic rings. The maximum absolute atomic E-state index is 5.40. The molecular formula is C52H34N4. The highest BCUT2D eigenvalue weighted by molar-refractivity contribution is 6.24. The maximum atomic E-state index is 5.40. The average Bonchev–Trinajstić information content (AvgIpc) is 3.80. The highest BCUT2D eigenvalue weighted by Gasteiger charge is 2.23. The Labute approximate surface area is 324 Å². The number of aromatic nitrogens is 4. The van der Waals surface area contributed by atoms with Crippen molar-refractivity contribution < 1.29 is 0 Å². The van der Waals surface area contributed by atoms with Gasteiger partial charge in [-0.05, 0) is 53.6 Å². The SMILES string of the molecule is c1ccc(-c2cccc(-c3nc(-c4ccccc4)cc(-c4ccccc4-n4c5ccccc5c5ccc6c7ccccc7n(-c7ccccc7)c6c54)n3)c2)cc1. The Kier molecular flexibility index (Phi) is 7.46. The van der Waals surface area contributed by atoms with E-state index >= 15 is 0 Å². The average molecular weight is 715 g/mol. The third-order valence-electron chi connectivity index (χ3n) is 10.9. The van der Waals surface area contributed by atoms with Gasteiger partial charge in [0.1, 0.15) is 0 Å². The lowest BCUT2D eigenvalue weighted by molar-refractivity contribution is 1.14. The molecule has 0 aliphatic carbocycles. The van der Waals surface area contributed by atoms with Crippen LogP contribution in [-0.4, -0.2) is 19.1 Å². The van der Waals surface area contributed by atoms with Crippen LogP contribution in [0.1, 0.15) is 0 Å². The molecule has 0 atom stereocenters. The summed E-state index contributed by atoms with van der Waals surface area (Å²) >= 11 is 0. The van der Waals surface area contributed by atoms with Crippen LogP contribution in [0.2, 0.25) is 0 Å². The van der Waals surface area contributed by atoms with Crippen molar-refractivity contribution in [2.24, 2.45) is 0 Å². The summed E-state index contributed by atoms with van der Waals surface area (Å²) in [7, 11) is 0. The van der Waals surface area contributed by atoms with Crippen LogP contribution in [0.5, 0.6) is 0 Å². The van der Waals surface area contributed by atoms with E-state index in [9.17, 15) is 0 Å². The molecule has 0 N–H and O–H groups in total. The first-order chi connectivity index (χ1) is 27.8. The van der Waals surface area contributed by atoms with E-state index in [4.69, 9.17) is 9.97 Å². The molecule has 0 amide bonds. The number of rotatable bonds is 6. The van der Waals surface area contributed by atoms with Gasteiger partial charge < -0.3 is 9.13 Å². The van der Waals surface area contributed by atoms with E-state index < -0.39 is 0 Å². The lowest BCUT2D eigenvalue weighted by Crippen LogP contribution is -2.02. The van der Waals surface area contributed by atoms with Crippen LogP contribution < -0.4 is 0 Å². The van der Waals surface area contributed by atoms with Gasteiger partial charge >= 0.3 is 0 Å². The van der Waals surface area contributed by atoms with E-state index in [0.717, 1.165) is 61.6 Å². The van der Waals surface area contributed by atoms with Crippen molar-refractivity contribution in [2.45, 2.75) is 0 Å². The highest BCUT2D eigenvalue weighted by atomic mass is 15.0. The number of hydrogen-bond acceptors (Lipinski definition) is 2. The molecule has 0 saturated heterocycles. The van der Waals surface area contributed by atoms with E-state index in [1.807, 2.05) is 12.1 Å². The zero-order valence-corrected chi connectivity index (χ0v) is 30.4. The van der Waals surface area contributed by atoms with E-state index in [2.05, 4.69) is 203 Å². The molecule has 0 unspecified atom stereocenters. The fraction of sp³-hybridized carbons (Fsp3) is 0. The summed E-state index contributed by atoms with van der Waals surface area (Å²) in [5.74, 6) is 0.683. The zero-order chi connectivity index (χ0) is 37.0. The van der Waals surface area contributed by atoms with Gasteiger partial charge in [-0.1, -0.05) is 164 Å². The minimum absolute atomic E-state index is 0.683. The number of hydrogen-bond donors (Lipinski definition) is 0. The summed E-state index contributed by atoms with van der Waals surface area (Å²) in [4.78, 5) is 10.6. The predicted octanol–water partition coefficient (Wildman–Crippen LogP) is 13.3. The van der Waals surface area contributed by atoms with Gasteiger partial charge in [0.05, 0.1) is 39.1 Å². The number of benzene rings is 8. The highest BCUT2D eigenvalue weighted by Crippen LogP contribution is 2.43. The summed E-state index contributed by atoms with van der Waals surface area (Å²) in [6.45, 7) is 0. The Balaban J connectivity index is 1.22. The van der Waals surface area contributed by atoms with Crippen molar-refractivity contribution >= 4 is 43.6 Å². The number of nitrogens with zero attached hydrogens (tertiary/aromatic N) is 4. The van der Waals surface area contributed by atoms with Crippen LogP contribution in [0.25, 0.3) is 100 Å². The molecule has 8 aromatic carbocycles. The first-order valence-electron chi connectivity index (χ1n) is 19.0. The molecule has 56 heavy (non-hydrogen) atoms. The molecule has 0 fully saturated rings. The summed E-state index contributed by atoms with van der Waals surface area (Å²) in [6.07, 6.45) is 0. The van der Waals surface area contributed by atoms with Crippen LogP contribution >= 0.6 is 0 Å². The van der Waals surface area contributed by atoms with Crippen molar-refractivity contribution in [3.8, 4) is 56.4 Å². The van der Waals surface area contributed by atoms with Crippen molar-refractivity contribution in [3.63, 3.8) is 0 Å². The molecule has 0 aliphatic rings. The molecule has 0 saturated carbocycles. The first-order valence-corrected chi connectivity index (χ1v) is 19.0. The van der Waals surface area contributed by atoms with Gasteiger partial charge in [0, 0.05) is 43.9 Å². The second-order valence-corrected chi connectivity index (χ2v) is 14.2. The van der Waals surface area contributed by atoms with Crippen molar-refractivity contribution in [1.82, 2.24) is 19.1 Å². The molecule has 4 heteroatoms. The lowest BCUT2D eigenvalue weighted by atomic mass is 10.0. The molecule has 262 valence electrons. The van der Waals surface area contributed by atoms with E-state index in [1.54, 1.807) is 0 Å². The van der Waals surface area contributed by atoms with Crippen LogP contribution in [0.15, 0.2) is 206 Å². The van der Waals surface area contributed by atoms with Crippen LogP contribution in [0.3, 0.4) is 0 Å². The fourth-order valence-electron chi connectivity index (χ4n) is 8.42. The standard InChI is InChI=1S/C52H34N4/c1-4-17-35(18-5-1)37-21-16-22-38(33-37)52-53-45(36-19-6-2-7-20-36)34-46(54-52)44-27-12-15-30-49(44)56-48-29-14-11-26-41(48)43-32-31-42-40-25-10-13-28-47(40)55(50(42)51(43)56)39-23-8-3-9-24-39/h1-34H. The first kappa shape index (κ1) is 31.9. The van der Waals surface area contributed by atoms with Crippen molar-refractivity contribution in [2.75, 3.05) is 0 Å². The van der Waals surface area contributed by atoms with Gasteiger partial charge in [-0.3, -0.25) is 0 Å². The minimum atomic E-state index is 0.683. The normalized spacial score (nSPS) is 11.6. The van der Waals surface area contributed by atoms with Gasteiger partial charge in [0.2, 0.25) is 0 Å². The van der Waals surface area contributed by atoms with Crippen LogP contribution in [-0.2, 0) is 0 Å². The molecule has 4 nitrogen and oxygen atoms in total. The summed E-state index contributed by atoms with van der Waals surface area (Å²) < 4.78 is 4.89. The van der Waals surface area contributed by atoms with Gasteiger partial charge in [0.15, 0.2) is 5.82 Å². The van der Waals surface area contributed by atoms with Crippen LogP contribution in [0.4, 0.5) is 0 Å². The Morgan fingerprint density at radius 1 is 0.321 bits per heavy atom. The quantitative estimate of drug-likeness (QED) is 0.172. The minimum Gasteiger partial charge on any atom is -0.307 e. The number of fused-ring (bicyclic) bond motifs is 7. The largest absolute Gasteiger partial charge is 0.307 e. The summed E-state index contributed by atoms with van der Waals surface area (Å²) in [5, 5.41) is 4.85. The predicted molar refractivity (Wildman–Crippen MR) is 232 cm³/mol. The van der Waals surface area contributed by atoms with E-state index in [1.165, 1.54) is 32.6 Å². The summed E-state index contributed by atoms with van der Waals surface area (Å²) in [5.41, 5.74) is 13.9. The molecular weight excluding hydrogens is 681 g/mol. The maximum Gasteiger partial charge on any atom is 0.160 e. The molecule has 0 bridgehead atoms. The Morgan fingerprint density at radius 3 is 1.55 bits per heavy atom. The van der Waals surface area contributed by atoms with E-state index in [0.29, 0.717) is 5.82 Å². The third-order valence-corrected chi connectivity index (χ3v) is 10.9. The molecule has 3 heterocycles. The third kappa shape index (κ3) is 5.15. The topological polar surface area (TPSA) is 35.6 Å². The fourth-order valence-corrected chi connectivity index (χ4v) is 8.42. The molecule has 0 aliphatic heterocycles. The number of para-hydroxylation sites is 4. The smallest absolute Gasteiger partial charge is 0.160 e. The van der Waals surface area contributed by atoms with Gasteiger partial charge in [0.25, 0.3) is 0 Å². The van der Waals surface area contributed by atoms with Crippen LogP contribution in [0, 0.1) is 0 Å². The van der Waals surface area contributed by atoms with Gasteiger partial charge in [-0.15, -0.1) is 0 Å². The Hall–Kier alpha value is -7.56. The molecule has 0 radical (unpaired) electrons. The van der Waals surface area contributed by atoms with Crippen molar-refractivity contribution in [3.05, 3.63) is 206 Å².